The van der Waals surface area contributed by atoms with E-state index in [0.717, 1.165) is 28.1 Å². The largest absolute Gasteiger partial charge is 0.493 e. The van der Waals surface area contributed by atoms with E-state index in [2.05, 4.69) is 20.3 Å². The Hall–Kier alpha value is -4.17. The van der Waals surface area contributed by atoms with Gasteiger partial charge in [0.1, 0.15) is 12.4 Å². The molecular formula is C25H20N4O3S. The fourth-order valence-electron chi connectivity index (χ4n) is 3.39. The van der Waals surface area contributed by atoms with Crippen molar-refractivity contribution in [3.63, 3.8) is 0 Å². The molecule has 33 heavy (non-hydrogen) atoms. The molecule has 0 bridgehead atoms. The lowest BCUT2D eigenvalue weighted by Crippen LogP contribution is -2.12. The van der Waals surface area contributed by atoms with E-state index in [-0.39, 0.29) is 5.91 Å². The van der Waals surface area contributed by atoms with E-state index in [9.17, 15) is 4.79 Å². The number of methoxy groups -OCH3 is 1. The van der Waals surface area contributed by atoms with Gasteiger partial charge in [0.25, 0.3) is 5.91 Å². The minimum absolute atomic E-state index is 0.240. The number of amides is 1. The molecule has 0 aliphatic carbocycles. The van der Waals surface area contributed by atoms with Gasteiger partial charge in [-0.2, -0.15) is 0 Å². The van der Waals surface area contributed by atoms with E-state index in [1.54, 1.807) is 30.8 Å². The summed E-state index contributed by atoms with van der Waals surface area (Å²) in [6.07, 6.45) is 0. The molecule has 2 aromatic heterocycles. The Morgan fingerprint density at radius 3 is 2.67 bits per heavy atom. The molecule has 0 spiro atoms. The zero-order chi connectivity index (χ0) is 22.6. The monoisotopic (exact) mass is 456 g/mol. The fourth-order valence-corrected chi connectivity index (χ4v) is 3.94. The van der Waals surface area contributed by atoms with E-state index in [1.807, 2.05) is 53.9 Å². The molecule has 1 amide bonds. The third-order valence-electron chi connectivity index (χ3n) is 5.09. The summed E-state index contributed by atoms with van der Waals surface area (Å²) in [4.78, 5) is 24.9. The number of carbonyl (C=O) groups is 1. The van der Waals surface area contributed by atoms with Gasteiger partial charge in [-0.25, -0.2) is 9.97 Å². The third kappa shape index (κ3) is 4.56. The van der Waals surface area contributed by atoms with Gasteiger partial charge >= 0.3 is 0 Å². The first-order valence-corrected chi connectivity index (χ1v) is 11.2. The zero-order valence-corrected chi connectivity index (χ0v) is 18.6. The molecule has 0 saturated heterocycles. The Morgan fingerprint density at radius 2 is 1.91 bits per heavy atom. The number of hydrogen-bond acceptors (Lipinski definition) is 6. The Balaban J connectivity index is 1.27. The Kier molecular flexibility index (Phi) is 5.73. The Morgan fingerprint density at radius 1 is 1.06 bits per heavy atom. The number of aromatic amines is 1. The lowest BCUT2D eigenvalue weighted by molar-refractivity contribution is 0.102. The number of carbonyl (C=O) groups excluding carboxylic acids is 1. The van der Waals surface area contributed by atoms with E-state index < -0.39 is 0 Å². The summed E-state index contributed by atoms with van der Waals surface area (Å²) in [6.45, 7) is 0.336. The zero-order valence-electron chi connectivity index (χ0n) is 17.7. The topological polar surface area (TPSA) is 89.1 Å². The van der Waals surface area contributed by atoms with Gasteiger partial charge in [-0.1, -0.05) is 12.1 Å². The molecule has 0 unspecified atom stereocenters. The summed E-state index contributed by atoms with van der Waals surface area (Å²) >= 11 is 1.51. The van der Waals surface area contributed by atoms with Crippen LogP contribution in [0.25, 0.3) is 22.4 Å². The molecular weight excluding hydrogens is 436 g/mol. The van der Waals surface area contributed by atoms with Crippen molar-refractivity contribution in [1.29, 1.82) is 0 Å². The number of hydrogen-bond donors (Lipinski definition) is 2. The number of nitrogens with zero attached hydrogens (tertiary/aromatic N) is 2. The van der Waals surface area contributed by atoms with Crippen LogP contribution in [0.5, 0.6) is 11.5 Å². The number of nitrogens with one attached hydrogen (secondary N) is 2. The molecule has 2 heterocycles. The summed E-state index contributed by atoms with van der Waals surface area (Å²) in [5.74, 6) is 1.58. The first-order valence-electron chi connectivity index (χ1n) is 10.2. The van der Waals surface area contributed by atoms with Gasteiger partial charge in [0.15, 0.2) is 11.5 Å². The standard InChI is InChI=1S/C25H20N4O3S/c1-31-23-12-17(8-11-22(23)32-13-19-14-33-15-26-19)25(30)27-18-9-6-16(7-10-18)24-28-20-4-2-3-5-21(20)29-24/h2-12,14-15H,13H2,1H3,(H,27,30)(H,28,29). The highest BCUT2D eigenvalue weighted by molar-refractivity contribution is 7.07. The van der Waals surface area contributed by atoms with Crippen LogP contribution in [-0.2, 0) is 6.61 Å². The minimum Gasteiger partial charge on any atom is -0.493 e. The van der Waals surface area contributed by atoms with Crippen LogP contribution in [0, 0.1) is 0 Å². The Labute approximate surface area is 194 Å². The second-order valence-electron chi connectivity index (χ2n) is 7.27. The van der Waals surface area contributed by atoms with Crippen LogP contribution in [0.1, 0.15) is 16.1 Å². The molecule has 8 heteroatoms. The molecule has 5 aromatic rings. The summed E-state index contributed by atoms with van der Waals surface area (Å²) in [5.41, 5.74) is 6.59. The van der Waals surface area contributed by atoms with Gasteiger partial charge in [0.2, 0.25) is 0 Å². The summed E-state index contributed by atoms with van der Waals surface area (Å²) < 4.78 is 11.2. The molecule has 5 rings (SSSR count). The molecule has 0 radical (unpaired) electrons. The van der Waals surface area contributed by atoms with Gasteiger partial charge in [0, 0.05) is 22.2 Å². The number of anilines is 1. The number of fused-ring (bicyclic) bond motifs is 1. The van der Waals surface area contributed by atoms with E-state index >= 15 is 0 Å². The van der Waals surface area contributed by atoms with Gasteiger partial charge in [0.05, 0.1) is 29.3 Å². The fraction of sp³-hybridized carbons (Fsp3) is 0.0800. The quantitative estimate of drug-likeness (QED) is 0.336. The summed E-state index contributed by atoms with van der Waals surface area (Å²) in [5, 5.41) is 4.84. The van der Waals surface area contributed by atoms with Gasteiger partial charge in [-0.3, -0.25) is 4.79 Å². The molecule has 0 aliphatic rings. The number of H-pyrrole nitrogens is 1. The molecule has 3 aromatic carbocycles. The van der Waals surface area contributed by atoms with Crippen LogP contribution in [0.2, 0.25) is 0 Å². The van der Waals surface area contributed by atoms with Crippen LogP contribution in [0.15, 0.2) is 77.6 Å². The maximum Gasteiger partial charge on any atom is 0.255 e. The smallest absolute Gasteiger partial charge is 0.255 e. The van der Waals surface area contributed by atoms with Crippen LogP contribution >= 0.6 is 11.3 Å². The lowest BCUT2D eigenvalue weighted by Gasteiger charge is -2.12. The normalized spacial score (nSPS) is 10.8. The number of thiazole rings is 1. The highest BCUT2D eigenvalue weighted by Gasteiger charge is 2.13. The summed E-state index contributed by atoms with van der Waals surface area (Å²) in [6, 6.07) is 20.5. The minimum atomic E-state index is -0.240. The molecule has 0 atom stereocenters. The maximum absolute atomic E-state index is 12.8. The van der Waals surface area contributed by atoms with Gasteiger partial charge < -0.3 is 19.8 Å². The lowest BCUT2D eigenvalue weighted by atomic mass is 10.1. The average molecular weight is 457 g/mol. The van der Waals surface area contributed by atoms with Crippen LogP contribution < -0.4 is 14.8 Å². The predicted octanol–water partition coefficient (Wildman–Crippen LogP) is 5.53. The molecule has 0 fully saturated rings. The third-order valence-corrected chi connectivity index (χ3v) is 5.73. The van der Waals surface area contributed by atoms with Crippen LogP contribution in [0.4, 0.5) is 5.69 Å². The second-order valence-corrected chi connectivity index (χ2v) is 7.99. The van der Waals surface area contributed by atoms with Crippen molar-refractivity contribution in [3.05, 3.63) is 88.9 Å². The highest BCUT2D eigenvalue weighted by Crippen LogP contribution is 2.29. The molecule has 0 saturated carbocycles. The number of aromatic nitrogens is 3. The number of benzene rings is 3. The molecule has 164 valence electrons. The number of ether oxygens (including phenoxy) is 2. The van der Waals surface area contributed by atoms with Gasteiger partial charge in [-0.05, 0) is 54.6 Å². The number of rotatable bonds is 7. The van der Waals surface area contributed by atoms with Crippen molar-refractivity contribution < 1.29 is 14.3 Å². The van der Waals surface area contributed by atoms with Crippen molar-refractivity contribution in [2.24, 2.45) is 0 Å². The SMILES string of the molecule is COc1cc(C(=O)Nc2ccc(-c3nc4ccccc4[nH]3)cc2)ccc1OCc1cscn1. The van der Waals surface area contributed by atoms with Crippen LogP contribution in [0.3, 0.4) is 0 Å². The van der Waals surface area contributed by atoms with Crippen LogP contribution in [-0.4, -0.2) is 28.0 Å². The van der Waals surface area contributed by atoms with E-state index in [0.29, 0.717) is 29.4 Å². The first-order chi connectivity index (χ1) is 16.2. The van der Waals surface area contributed by atoms with Crippen molar-refractivity contribution >= 4 is 34.0 Å². The molecule has 7 nitrogen and oxygen atoms in total. The molecule has 2 N–H and O–H groups in total. The Bertz CT molecular complexity index is 1360. The van der Waals surface area contributed by atoms with Gasteiger partial charge in [-0.15, -0.1) is 11.3 Å². The second kappa shape index (κ2) is 9.13. The number of imidazole rings is 1. The average Bonchev–Trinajstić information content (AvgIpc) is 3.53. The highest BCUT2D eigenvalue weighted by atomic mass is 32.1. The van der Waals surface area contributed by atoms with Crippen molar-refractivity contribution in [2.75, 3.05) is 12.4 Å². The van der Waals surface area contributed by atoms with E-state index in [1.165, 1.54) is 11.3 Å². The molecule has 0 aliphatic heterocycles. The van der Waals surface area contributed by atoms with Crippen molar-refractivity contribution in [2.45, 2.75) is 6.61 Å². The number of para-hydroxylation sites is 2. The predicted molar refractivity (Wildman–Crippen MR) is 129 cm³/mol. The first kappa shape index (κ1) is 20.7. The maximum atomic E-state index is 12.8. The van der Waals surface area contributed by atoms with Crippen molar-refractivity contribution in [3.8, 4) is 22.9 Å². The summed E-state index contributed by atoms with van der Waals surface area (Å²) in [7, 11) is 1.55. The van der Waals surface area contributed by atoms with Crippen molar-refractivity contribution in [1.82, 2.24) is 15.0 Å². The van der Waals surface area contributed by atoms with E-state index in [4.69, 9.17) is 9.47 Å².